The molecule has 1 aliphatic rings. The van der Waals surface area contributed by atoms with Crippen molar-refractivity contribution in [1.82, 2.24) is 10.6 Å². The predicted octanol–water partition coefficient (Wildman–Crippen LogP) is 3.12. The van der Waals surface area contributed by atoms with Crippen LogP contribution in [0.2, 0.25) is 0 Å². The SMILES string of the molecule is COc1cccc(N2C[C@H](NC(=O)N[C@@H](C)CCc3ccccc3)CC2=O)c1. The normalized spacial score (nSPS) is 17.3. The van der Waals surface area contributed by atoms with Gasteiger partial charge in [0.15, 0.2) is 0 Å². The van der Waals surface area contributed by atoms with Crippen molar-refractivity contribution in [1.29, 1.82) is 0 Å². The van der Waals surface area contributed by atoms with E-state index in [0.29, 0.717) is 18.7 Å². The zero-order chi connectivity index (χ0) is 19.9. The first-order valence-corrected chi connectivity index (χ1v) is 9.60. The average molecular weight is 381 g/mol. The lowest BCUT2D eigenvalue weighted by Crippen LogP contribution is -2.46. The number of ether oxygens (including phenoxy) is 1. The molecule has 0 radical (unpaired) electrons. The standard InChI is InChI=1S/C22H27N3O3/c1-16(11-12-17-7-4-3-5-8-17)23-22(27)24-18-13-21(26)25(15-18)19-9-6-10-20(14-19)28-2/h3-10,14,16,18H,11-13,15H2,1-2H3,(H2,23,24,27)/t16-,18+/m0/s1. The van der Waals surface area contributed by atoms with Crippen molar-refractivity contribution in [2.45, 2.75) is 38.3 Å². The van der Waals surface area contributed by atoms with Gasteiger partial charge in [-0.15, -0.1) is 0 Å². The minimum atomic E-state index is -0.231. The first-order chi connectivity index (χ1) is 13.5. The van der Waals surface area contributed by atoms with Crippen molar-refractivity contribution in [3.8, 4) is 5.75 Å². The van der Waals surface area contributed by atoms with Gasteiger partial charge in [0.25, 0.3) is 0 Å². The number of amides is 3. The van der Waals surface area contributed by atoms with Crippen LogP contribution in [0.25, 0.3) is 0 Å². The van der Waals surface area contributed by atoms with Crippen LogP contribution in [0, 0.1) is 0 Å². The molecule has 2 atom stereocenters. The fraction of sp³-hybridized carbons (Fsp3) is 0.364. The van der Waals surface area contributed by atoms with Crippen molar-refractivity contribution in [2.75, 3.05) is 18.6 Å². The number of rotatable bonds is 7. The molecule has 2 aromatic carbocycles. The highest BCUT2D eigenvalue weighted by molar-refractivity contribution is 5.97. The van der Waals surface area contributed by atoms with E-state index < -0.39 is 0 Å². The summed E-state index contributed by atoms with van der Waals surface area (Å²) in [6.45, 7) is 2.45. The van der Waals surface area contributed by atoms with E-state index in [1.165, 1.54) is 5.56 Å². The van der Waals surface area contributed by atoms with E-state index in [1.807, 2.05) is 49.4 Å². The molecule has 0 saturated carbocycles. The zero-order valence-electron chi connectivity index (χ0n) is 16.4. The third-order valence-electron chi connectivity index (χ3n) is 4.91. The third kappa shape index (κ3) is 5.25. The van der Waals surface area contributed by atoms with Gasteiger partial charge in [0, 0.05) is 30.8 Å². The van der Waals surface area contributed by atoms with Gasteiger partial charge in [0.05, 0.1) is 13.2 Å². The van der Waals surface area contributed by atoms with Gasteiger partial charge in [-0.05, 0) is 37.5 Å². The molecule has 148 valence electrons. The maximum Gasteiger partial charge on any atom is 0.315 e. The topological polar surface area (TPSA) is 70.7 Å². The molecule has 2 N–H and O–H groups in total. The summed E-state index contributed by atoms with van der Waals surface area (Å²) in [4.78, 5) is 26.3. The Morgan fingerprint density at radius 3 is 2.75 bits per heavy atom. The number of methoxy groups -OCH3 is 1. The van der Waals surface area contributed by atoms with Crippen LogP contribution in [0.5, 0.6) is 5.75 Å². The summed E-state index contributed by atoms with van der Waals surface area (Å²) in [5.41, 5.74) is 2.04. The average Bonchev–Trinajstić information content (AvgIpc) is 3.07. The Labute approximate surface area is 165 Å². The van der Waals surface area contributed by atoms with Gasteiger partial charge in [-0.25, -0.2) is 4.79 Å². The van der Waals surface area contributed by atoms with Crippen LogP contribution in [-0.4, -0.2) is 37.7 Å². The monoisotopic (exact) mass is 381 g/mol. The molecule has 6 heteroatoms. The van der Waals surface area contributed by atoms with Crippen LogP contribution in [0.15, 0.2) is 54.6 Å². The van der Waals surface area contributed by atoms with Crippen LogP contribution in [-0.2, 0) is 11.2 Å². The number of aryl methyl sites for hydroxylation is 1. The van der Waals surface area contributed by atoms with Crippen LogP contribution in [0.4, 0.5) is 10.5 Å². The van der Waals surface area contributed by atoms with E-state index >= 15 is 0 Å². The van der Waals surface area contributed by atoms with Crippen LogP contribution in [0.3, 0.4) is 0 Å². The highest BCUT2D eigenvalue weighted by Crippen LogP contribution is 2.25. The Morgan fingerprint density at radius 2 is 2.00 bits per heavy atom. The Hall–Kier alpha value is -3.02. The van der Waals surface area contributed by atoms with Crippen LogP contribution >= 0.6 is 0 Å². The van der Waals surface area contributed by atoms with Crippen molar-refractivity contribution in [3.05, 3.63) is 60.2 Å². The van der Waals surface area contributed by atoms with Gasteiger partial charge in [-0.3, -0.25) is 4.79 Å². The summed E-state index contributed by atoms with van der Waals surface area (Å²) < 4.78 is 5.22. The summed E-state index contributed by atoms with van der Waals surface area (Å²) in [5.74, 6) is 0.697. The van der Waals surface area contributed by atoms with Crippen LogP contribution in [0.1, 0.15) is 25.3 Å². The molecule has 2 aromatic rings. The number of anilines is 1. The second-order valence-corrected chi connectivity index (χ2v) is 7.15. The van der Waals surface area contributed by atoms with Gasteiger partial charge in [-0.1, -0.05) is 36.4 Å². The molecule has 1 heterocycles. The van der Waals surface area contributed by atoms with Gasteiger partial charge >= 0.3 is 6.03 Å². The molecule has 1 fully saturated rings. The van der Waals surface area contributed by atoms with E-state index in [-0.39, 0.29) is 24.0 Å². The fourth-order valence-corrected chi connectivity index (χ4v) is 3.38. The van der Waals surface area contributed by atoms with Gasteiger partial charge in [0.2, 0.25) is 5.91 Å². The van der Waals surface area contributed by atoms with Gasteiger partial charge < -0.3 is 20.3 Å². The van der Waals surface area contributed by atoms with E-state index in [9.17, 15) is 9.59 Å². The molecule has 6 nitrogen and oxygen atoms in total. The van der Waals surface area contributed by atoms with Crippen LogP contribution < -0.4 is 20.3 Å². The number of carbonyl (C=O) groups is 2. The molecular weight excluding hydrogens is 354 g/mol. The molecule has 3 amide bonds. The Bertz CT molecular complexity index is 810. The van der Waals surface area contributed by atoms with E-state index in [1.54, 1.807) is 12.0 Å². The molecule has 0 aliphatic carbocycles. The number of carbonyl (C=O) groups excluding carboxylic acids is 2. The molecule has 28 heavy (non-hydrogen) atoms. The Balaban J connectivity index is 1.47. The lowest BCUT2D eigenvalue weighted by atomic mass is 10.1. The summed E-state index contributed by atoms with van der Waals surface area (Å²) >= 11 is 0. The smallest absolute Gasteiger partial charge is 0.315 e. The highest BCUT2D eigenvalue weighted by atomic mass is 16.5. The molecular formula is C22H27N3O3. The largest absolute Gasteiger partial charge is 0.497 e. The van der Waals surface area contributed by atoms with Crippen molar-refractivity contribution < 1.29 is 14.3 Å². The Kier molecular flexibility index (Phi) is 6.53. The number of benzene rings is 2. The zero-order valence-corrected chi connectivity index (χ0v) is 16.4. The maximum absolute atomic E-state index is 12.4. The molecule has 1 aliphatic heterocycles. The maximum atomic E-state index is 12.4. The number of nitrogens with one attached hydrogen (secondary N) is 2. The molecule has 1 saturated heterocycles. The summed E-state index contributed by atoms with van der Waals surface area (Å²) in [6.07, 6.45) is 2.06. The van der Waals surface area contributed by atoms with Crippen molar-refractivity contribution in [3.63, 3.8) is 0 Å². The lowest BCUT2D eigenvalue weighted by Gasteiger charge is -2.19. The first-order valence-electron chi connectivity index (χ1n) is 9.60. The van der Waals surface area contributed by atoms with Gasteiger partial charge in [-0.2, -0.15) is 0 Å². The highest BCUT2D eigenvalue weighted by Gasteiger charge is 2.31. The third-order valence-corrected chi connectivity index (χ3v) is 4.91. The minimum Gasteiger partial charge on any atom is -0.497 e. The first kappa shape index (κ1) is 19.7. The molecule has 0 bridgehead atoms. The van der Waals surface area contributed by atoms with E-state index in [2.05, 4.69) is 22.8 Å². The van der Waals surface area contributed by atoms with E-state index in [4.69, 9.17) is 4.74 Å². The van der Waals surface area contributed by atoms with Crippen molar-refractivity contribution >= 4 is 17.6 Å². The van der Waals surface area contributed by atoms with Gasteiger partial charge in [0.1, 0.15) is 5.75 Å². The summed E-state index contributed by atoms with van der Waals surface area (Å²) in [7, 11) is 1.60. The molecule has 0 spiro atoms. The molecule has 3 rings (SSSR count). The number of hydrogen-bond donors (Lipinski definition) is 2. The second kappa shape index (κ2) is 9.26. The van der Waals surface area contributed by atoms with E-state index in [0.717, 1.165) is 18.5 Å². The lowest BCUT2D eigenvalue weighted by molar-refractivity contribution is -0.117. The quantitative estimate of drug-likeness (QED) is 0.774. The molecule has 0 aromatic heterocycles. The summed E-state index contributed by atoms with van der Waals surface area (Å²) in [5, 5.41) is 5.89. The number of urea groups is 1. The minimum absolute atomic E-state index is 0.00400. The Morgan fingerprint density at radius 1 is 1.21 bits per heavy atom. The second-order valence-electron chi connectivity index (χ2n) is 7.15. The van der Waals surface area contributed by atoms with Crippen molar-refractivity contribution in [2.24, 2.45) is 0 Å². The predicted molar refractivity (Wildman–Crippen MR) is 110 cm³/mol. The number of nitrogens with zero attached hydrogens (tertiary/aromatic N) is 1. The fourth-order valence-electron chi connectivity index (χ4n) is 3.38. The number of hydrogen-bond acceptors (Lipinski definition) is 3. The summed E-state index contributed by atoms with van der Waals surface area (Å²) in [6, 6.07) is 17.2. The molecule has 0 unspecified atom stereocenters.